The molecule has 1 rings (SSSR count). The predicted molar refractivity (Wildman–Crippen MR) is 72.4 cm³/mol. The highest BCUT2D eigenvalue weighted by Crippen LogP contribution is 2.11. The lowest BCUT2D eigenvalue weighted by Crippen LogP contribution is -2.41. The van der Waals surface area contributed by atoms with Gasteiger partial charge in [0.2, 0.25) is 5.91 Å². The molecular formula is C13H13BrFNO3. The Labute approximate surface area is 118 Å². The lowest BCUT2D eigenvalue weighted by atomic mass is 10.1. The van der Waals surface area contributed by atoms with Crippen molar-refractivity contribution in [1.82, 2.24) is 5.32 Å². The second-order valence-corrected chi connectivity index (χ2v) is 5.10. The highest BCUT2D eigenvalue weighted by Gasteiger charge is 2.20. The maximum absolute atomic E-state index is 12.7. The summed E-state index contributed by atoms with van der Waals surface area (Å²) in [5.74, 6) is -1.95. The molecular weight excluding hydrogens is 317 g/mol. The first-order valence-corrected chi connectivity index (χ1v) is 6.27. The molecule has 6 heteroatoms. The van der Waals surface area contributed by atoms with Gasteiger partial charge in [0.15, 0.2) is 0 Å². The quantitative estimate of drug-likeness (QED) is 0.841. The Hall–Kier alpha value is -1.69. The van der Waals surface area contributed by atoms with Gasteiger partial charge in [-0.3, -0.25) is 4.79 Å². The average Bonchev–Trinajstić information content (AvgIpc) is 2.30. The molecule has 1 aromatic rings. The van der Waals surface area contributed by atoms with E-state index in [0.717, 1.165) is 0 Å². The molecule has 4 nitrogen and oxygen atoms in total. The Morgan fingerprint density at radius 1 is 1.37 bits per heavy atom. The lowest BCUT2D eigenvalue weighted by molar-refractivity contribution is -0.141. The minimum Gasteiger partial charge on any atom is -0.480 e. The highest BCUT2D eigenvalue weighted by molar-refractivity contribution is 9.11. The van der Waals surface area contributed by atoms with Gasteiger partial charge in [-0.05, 0) is 22.2 Å². The number of halogens is 2. The van der Waals surface area contributed by atoms with E-state index in [1.54, 1.807) is 0 Å². The first-order chi connectivity index (χ1) is 8.88. The van der Waals surface area contributed by atoms with Gasteiger partial charge in [-0.1, -0.05) is 34.6 Å². The molecule has 2 N–H and O–H groups in total. The maximum Gasteiger partial charge on any atom is 0.326 e. The smallest absolute Gasteiger partial charge is 0.326 e. The number of carboxylic acids is 1. The van der Waals surface area contributed by atoms with Crippen molar-refractivity contribution in [3.05, 3.63) is 46.7 Å². The third-order valence-corrected chi connectivity index (χ3v) is 2.66. The summed E-state index contributed by atoms with van der Waals surface area (Å²) in [6, 6.07) is 4.43. The zero-order chi connectivity index (χ0) is 14.4. The van der Waals surface area contributed by atoms with Crippen LogP contribution in [0.15, 0.2) is 35.3 Å². The predicted octanol–water partition coefficient (Wildman–Crippen LogP) is 2.24. The SMILES string of the molecule is C=C(Br)C[C@@H](NC(=O)Cc1ccc(F)cc1)C(=O)O. The fourth-order valence-corrected chi connectivity index (χ4v) is 1.78. The largest absolute Gasteiger partial charge is 0.480 e. The molecule has 0 aliphatic carbocycles. The Bertz CT molecular complexity index is 487. The minimum absolute atomic E-state index is 0.00117. The number of amides is 1. The molecule has 0 unspecified atom stereocenters. The van der Waals surface area contributed by atoms with Crippen molar-refractivity contribution in [2.45, 2.75) is 18.9 Å². The first kappa shape index (κ1) is 15.4. The molecule has 0 saturated carbocycles. The van der Waals surface area contributed by atoms with Crippen molar-refractivity contribution in [2.75, 3.05) is 0 Å². The molecule has 19 heavy (non-hydrogen) atoms. The van der Waals surface area contributed by atoms with E-state index in [4.69, 9.17) is 5.11 Å². The molecule has 0 saturated heterocycles. The van der Waals surface area contributed by atoms with Crippen molar-refractivity contribution in [1.29, 1.82) is 0 Å². The van der Waals surface area contributed by atoms with Crippen LogP contribution in [0.4, 0.5) is 4.39 Å². The molecule has 0 aliphatic rings. The van der Waals surface area contributed by atoms with Crippen molar-refractivity contribution in [3.8, 4) is 0 Å². The fraction of sp³-hybridized carbons (Fsp3) is 0.231. The van der Waals surface area contributed by atoms with Gasteiger partial charge in [-0.2, -0.15) is 0 Å². The molecule has 0 aromatic heterocycles. The highest BCUT2D eigenvalue weighted by atomic mass is 79.9. The zero-order valence-electron chi connectivity index (χ0n) is 10.0. The second-order valence-electron chi connectivity index (χ2n) is 3.98. The summed E-state index contributed by atoms with van der Waals surface area (Å²) < 4.78 is 13.2. The molecule has 0 spiro atoms. The summed E-state index contributed by atoms with van der Waals surface area (Å²) in [5, 5.41) is 11.3. The number of carboxylic acid groups (broad SMARTS) is 1. The van der Waals surface area contributed by atoms with Gasteiger partial charge in [-0.25, -0.2) is 9.18 Å². The van der Waals surface area contributed by atoms with Crippen LogP contribution in [0.3, 0.4) is 0 Å². The van der Waals surface area contributed by atoms with Gasteiger partial charge < -0.3 is 10.4 Å². The molecule has 102 valence electrons. The van der Waals surface area contributed by atoms with Gasteiger partial charge in [0, 0.05) is 6.42 Å². The summed E-state index contributed by atoms with van der Waals surface area (Å²) in [5.41, 5.74) is 0.612. The summed E-state index contributed by atoms with van der Waals surface area (Å²) in [6.07, 6.45) is 0.101. The topological polar surface area (TPSA) is 66.4 Å². The van der Waals surface area contributed by atoms with Crippen LogP contribution in [-0.4, -0.2) is 23.0 Å². The number of aliphatic carboxylic acids is 1. The first-order valence-electron chi connectivity index (χ1n) is 5.48. The second kappa shape index (κ2) is 7.04. The van der Waals surface area contributed by atoms with E-state index in [0.29, 0.717) is 10.0 Å². The summed E-state index contributed by atoms with van der Waals surface area (Å²) in [7, 11) is 0. The van der Waals surface area contributed by atoms with E-state index in [1.165, 1.54) is 24.3 Å². The van der Waals surface area contributed by atoms with E-state index < -0.39 is 17.9 Å². The minimum atomic E-state index is -1.13. The lowest BCUT2D eigenvalue weighted by Gasteiger charge is -2.13. The number of hydrogen-bond acceptors (Lipinski definition) is 2. The molecule has 0 bridgehead atoms. The molecule has 1 atom stereocenters. The van der Waals surface area contributed by atoms with E-state index in [-0.39, 0.29) is 18.7 Å². The van der Waals surface area contributed by atoms with Crippen LogP contribution < -0.4 is 5.32 Å². The standard InChI is InChI=1S/C13H13BrFNO3/c1-8(14)6-11(13(18)19)16-12(17)7-9-2-4-10(15)5-3-9/h2-5,11H,1,6-7H2,(H,16,17)(H,18,19)/t11-/m1/s1. The number of carbonyl (C=O) groups excluding carboxylic acids is 1. The van der Waals surface area contributed by atoms with E-state index in [1.807, 2.05) is 0 Å². The normalized spacial score (nSPS) is 11.7. The number of nitrogens with one attached hydrogen (secondary N) is 1. The molecule has 0 heterocycles. The van der Waals surface area contributed by atoms with Gasteiger partial charge in [-0.15, -0.1) is 0 Å². The van der Waals surface area contributed by atoms with Crippen molar-refractivity contribution in [3.63, 3.8) is 0 Å². The van der Waals surface area contributed by atoms with Crippen LogP contribution >= 0.6 is 15.9 Å². The van der Waals surface area contributed by atoms with Crippen molar-refractivity contribution in [2.24, 2.45) is 0 Å². The number of carbonyl (C=O) groups is 2. The summed E-state index contributed by atoms with van der Waals surface area (Å²) in [4.78, 5) is 22.6. The third-order valence-electron chi connectivity index (χ3n) is 2.34. The zero-order valence-corrected chi connectivity index (χ0v) is 11.6. The van der Waals surface area contributed by atoms with Gasteiger partial charge in [0.05, 0.1) is 6.42 Å². The maximum atomic E-state index is 12.7. The molecule has 0 fully saturated rings. The Kier molecular flexibility index (Phi) is 5.69. The monoisotopic (exact) mass is 329 g/mol. The van der Waals surface area contributed by atoms with E-state index in [9.17, 15) is 14.0 Å². The Morgan fingerprint density at radius 3 is 2.42 bits per heavy atom. The summed E-state index contributed by atoms with van der Waals surface area (Å²) in [6.45, 7) is 3.54. The fourth-order valence-electron chi connectivity index (χ4n) is 1.45. The molecule has 1 aromatic carbocycles. The van der Waals surface area contributed by atoms with Gasteiger partial charge in [0.25, 0.3) is 0 Å². The molecule has 0 aliphatic heterocycles. The number of hydrogen-bond donors (Lipinski definition) is 2. The summed E-state index contributed by atoms with van der Waals surface area (Å²) >= 11 is 3.06. The molecule has 1 amide bonds. The Balaban J connectivity index is 2.59. The van der Waals surface area contributed by atoms with E-state index in [2.05, 4.69) is 27.8 Å². The van der Waals surface area contributed by atoms with Crippen molar-refractivity contribution < 1.29 is 19.1 Å². The Morgan fingerprint density at radius 2 is 1.95 bits per heavy atom. The molecule has 0 radical (unpaired) electrons. The average molecular weight is 330 g/mol. The van der Waals surface area contributed by atoms with Gasteiger partial charge >= 0.3 is 5.97 Å². The van der Waals surface area contributed by atoms with Crippen LogP contribution in [0.25, 0.3) is 0 Å². The van der Waals surface area contributed by atoms with Crippen LogP contribution in [0.2, 0.25) is 0 Å². The van der Waals surface area contributed by atoms with Crippen LogP contribution in [0, 0.1) is 5.82 Å². The van der Waals surface area contributed by atoms with Crippen LogP contribution in [0.5, 0.6) is 0 Å². The van der Waals surface area contributed by atoms with Crippen LogP contribution in [-0.2, 0) is 16.0 Å². The van der Waals surface area contributed by atoms with E-state index >= 15 is 0 Å². The third kappa shape index (κ3) is 5.65. The van der Waals surface area contributed by atoms with Crippen molar-refractivity contribution >= 4 is 27.8 Å². The van der Waals surface area contributed by atoms with Crippen LogP contribution in [0.1, 0.15) is 12.0 Å². The van der Waals surface area contributed by atoms with Gasteiger partial charge in [0.1, 0.15) is 11.9 Å². The number of rotatable bonds is 6. The number of benzene rings is 1.